The van der Waals surface area contributed by atoms with Gasteiger partial charge in [0, 0.05) is 31.7 Å². The normalized spacial score (nSPS) is 15.0. The Morgan fingerprint density at radius 2 is 1.77 bits per heavy atom. The van der Waals surface area contributed by atoms with E-state index < -0.39 is 11.7 Å². The van der Waals surface area contributed by atoms with E-state index in [2.05, 4.69) is 9.88 Å². The molecule has 0 radical (unpaired) electrons. The highest BCUT2D eigenvalue weighted by molar-refractivity contribution is 7.22. The highest BCUT2D eigenvalue weighted by Crippen LogP contribution is 2.39. The first-order valence-corrected chi connectivity index (χ1v) is 10.3. The van der Waals surface area contributed by atoms with E-state index in [4.69, 9.17) is 16.3 Å². The van der Waals surface area contributed by atoms with E-state index in [0.29, 0.717) is 42.5 Å². The molecule has 1 aromatic heterocycles. The van der Waals surface area contributed by atoms with E-state index in [0.717, 1.165) is 22.0 Å². The quantitative estimate of drug-likeness (QED) is 0.561. The topological polar surface area (TPSA) is 45.7 Å². The zero-order valence-electron chi connectivity index (χ0n) is 15.9. The number of benzene rings is 2. The molecule has 2 aromatic carbocycles. The Kier molecular flexibility index (Phi) is 5.50. The first-order valence-electron chi connectivity index (χ1n) is 9.12. The Labute approximate surface area is 179 Å². The zero-order valence-corrected chi connectivity index (χ0v) is 17.4. The van der Waals surface area contributed by atoms with Crippen molar-refractivity contribution in [3.05, 3.63) is 52.5 Å². The van der Waals surface area contributed by atoms with Crippen LogP contribution in [0.2, 0.25) is 5.02 Å². The number of alkyl halides is 3. The molecular weight excluding hydrogens is 439 g/mol. The van der Waals surface area contributed by atoms with Crippen LogP contribution in [0.5, 0.6) is 5.75 Å². The fraction of sp³-hybridized carbons (Fsp3) is 0.300. The van der Waals surface area contributed by atoms with Gasteiger partial charge in [0.25, 0.3) is 5.91 Å². The van der Waals surface area contributed by atoms with Crippen molar-refractivity contribution in [1.29, 1.82) is 0 Å². The summed E-state index contributed by atoms with van der Waals surface area (Å²) in [4.78, 5) is 21.0. The lowest BCUT2D eigenvalue weighted by Gasteiger charge is -2.34. The third-order valence-electron chi connectivity index (χ3n) is 4.96. The lowest BCUT2D eigenvalue weighted by atomic mass is 10.1. The minimum Gasteiger partial charge on any atom is -0.494 e. The molecule has 158 valence electrons. The third-order valence-corrected chi connectivity index (χ3v) is 6.54. The molecule has 1 aliphatic rings. The first kappa shape index (κ1) is 20.7. The Hall–Kier alpha value is -2.52. The van der Waals surface area contributed by atoms with E-state index >= 15 is 0 Å². The molecule has 0 spiro atoms. The minimum atomic E-state index is -4.42. The van der Waals surface area contributed by atoms with Crippen molar-refractivity contribution in [1.82, 2.24) is 9.88 Å². The van der Waals surface area contributed by atoms with Crippen molar-refractivity contribution in [3.8, 4) is 5.75 Å². The molecule has 0 saturated carbocycles. The number of nitrogens with zero attached hydrogens (tertiary/aromatic N) is 3. The summed E-state index contributed by atoms with van der Waals surface area (Å²) in [6.07, 6.45) is -4.42. The molecule has 0 bridgehead atoms. The molecule has 4 rings (SSSR count). The van der Waals surface area contributed by atoms with Gasteiger partial charge in [0.1, 0.15) is 11.3 Å². The van der Waals surface area contributed by atoms with Crippen molar-refractivity contribution in [3.63, 3.8) is 0 Å². The second kappa shape index (κ2) is 7.96. The fourth-order valence-electron chi connectivity index (χ4n) is 3.33. The maximum atomic E-state index is 12.7. The van der Waals surface area contributed by atoms with Gasteiger partial charge < -0.3 is 14.5 Å². The number of anilines is 1. The summed E-state index contributed by atoms with van der Waals surface area (Å²) in [7, 11) is 1.58. The van der Waals surface area contributed by atoms with E-state index in [1.165, 1.54) is 23.5 Å². The van der Waals surface area contributed by atoms with Crippen LogP contribution in [0, 0.1) is 0 Å². The lowest BCUT2D eigenvalue weighted by molar-refractivity contribution is -0.137. The Balaban J connectivity index is 1.45. The second-order valence-corrected chi connectivity index (χ2v) is 8.16. The molecule has 1 fully saturated rings. The first-order chi connectivity index (χ1) is 14.3. The number of amides is 1. The average molecular weight is 456 g/mol. The van der Waals surface area contributed by atoms with Crippen molar-refractivity contribution >= 4 is 44.2 Å². The molecule has 30 heavy (non-hydrogen) atoms. The molecule has 1 saturated heterocycles. The van der Waals surface area contributed by atoms with Gasteiger partial charge in [-0.3, -0.25) is 4.79 Å². The van der Waals surface area contributed by atoms with Gasteiger partial charge in [-0.25, -0.2) is 4.98 Å². The van der Waals surface area contributed by atoms with Gasteiger partial charge >= 0.3 is 6.18 Å². The predicted molar refractivity (Wildman–Crippen MR) is 111 cm³/mol. The number of hydrogen-bond donors (Lipinski definition) is 0. The third kappa shape index (κ3) is 3.91. The van der Waals surface area contributed by atoms with Gasteiger partial charge in [0.15, 0.2) is 5.13 Å². The molecule has 10 heteroatoms. The molecule has 0 N–H and O–H groups in total. The van der Waals surface area contributed by atoms with Crippen molar-refractivity contribution < 1.29 is 22.7 Å². The number of piperazine rings is 1. The maximum Gasteiger partial charge on any atom is 0.416 e. The summed E-state index contributed by atoms with van der Waals surface area (Å²) in [6, 6.07) is 7.85. The van der Waals surface area contributed by atoms with Gasteiger partial charge in [0.2, 0.25) is 0 Å². The van der Waals surface area contributed by atoms with Gasteiger partial charge in [-0.15, -0.1) is 0 Å². The smallest absolute Gasteiger partial charge is 0.416 e. The molecule has 2 heterocycles. The molecule has 0 unspecified atom stereocenters. The monoisotopic (exact) mass is 455 g/mol. The number of carbonyl (C=O) groups is 1. The Morgan fingerprint density at radius 3 is 2.37 bits per heavy atom. The van der Waals surface area contributed by atoms with Gasteiger partial charge in [-0.1, -0.05) is 22.9 Å². The van der Waals surface area contributed by atoms with Crippen LogP contribution < -0.4 is 9.64 Å². The van der Waals surface area contributed by atoms with Crippen LogP contribution in [-0.2, 0) is 6.18 Å². The van der Waals surface area contributed by atoms with E-state index in [1.807, 2.05) is 0 Å². The summed E-state index contributed by atoms with van der Waals surface area (Å²) < 4.78 is 44.3. The summed E-state index contributed by atoms with van der Waals surface area (Å²) in [5.74, 6) is 0.366. The number of halogens is 4. The second-order valence-electron chi connectivity index (χ2n) is 6.78. The van der Waals surface area contributed by atoms with Crippen LogP contribution in [-0.4, -0.2) is 49.1 Å². The number of methoxy groups -OCH3 is 1. The number of hydrogen-bond acceptors (Lipinski definition) is 5. The van der Waals surface area contributed by atoms with Crippen LogP contribution in [0.25, 0.3) is 10.2 Å². The van der Waals surface area contributed by atoms with Crippen LogP contribution in [0.15, 0.2) is 36.4 Å². The number of thiazole rings is 1. The highest BCUT2D eigenvalue weighted by Gasteiger charge is 2.31. The molecule has 1 amide bonds. The van der Waals surface area contributed by atoms with Crippen LogP contribution in [0.1, 0.15) is 15.9 Å². The van der Waals surface area contributed by atoms with Crippen LogP contribution in [0.3, 0.4) is 0 Å². The molecule has 0 aliphatic carbocycles. The molecule has 0 atom stereocenters. The Morgan fingerprint density at radius 1 is 1.10 bits per heavy atom. The number of aromatic nitrogens is 1. The summed E-state index contributed by atoms with van der Waals surface area (Å²) in [5, 5.41) is 1.39. The van der Waals surface area contributed by atoms with Gasteiger partial charge in [0.05, 0.1) is 22.4 Å². The SMILES string of the molecule is COc1ccc(Cl)c2sc(N3CCN(C(=O)c4ccc(C(F)(F)F)cc4)CC3)nc12. The van der Waals surface area contributed by atoms with E-state index in [-0.39, 0.29) is 11.5 Å². The predicted octanol–water partition coefficient (Wildman–Crippen LogP) is 4.94. The maximum absolute atomic E-state index is 12.7. The molecule has 5 nitrogen and oxygen atoms in total. The summed E-state index contributed by atoms with van der Waals surface area (Å²) in [6.45, 7) is 2.01. The van der Waals surface area contributed by atoms with Gasteiger partial charge in [-0.2, -0.15) is 13.2 Å². The average Bonchev–Trinajstić information content (AvgIpc) is 3.20. The lowest BCUT2D eigenvalue weighted by Crippen LogP contribution is -2.48. The summed E-state index contributed by atoms with van der Waals surface area (Å²) >= 11 is 7.75. The summed E-state index contributed by atoms with van der Waals surface area (Å²) in [5.41, 5.74) is 0.176. The molecule has 3 aromatic rings. The standard InChI is InChI=1S/C20H17ClF3N3O2S/c1-29-15-7-6-14(21)17-16(15)25-19(30-17)27-10-8-26(9-11-27)18(28)12-2-4-13(5-3-12)20(22,23)24/h2-7H,8-11H2,1H3. The van der Waals surface area contributed by atoms with Crippen molar-refractivity contribution in [2.24, 2.45) is 0 Å². The number of ether oxygens (including phenoxy) is 1. The van der Waals surface area contributed by atoms with Crippen molar-refractivity contribution in [2.45, 2.75) is 6.18 Å². The van der Waals surface area contributed by atoms with E-state index in [9.17, 15) is 18.0 Å². The molecular formula is C20H17ClF3N3O2S. The number of fused-ring (bicyclic) bond motifs is 1. The largest absolute Gasteiger partial charge is 0.494 e. The fourth-order valence-corrected chi connectivity index (χ4v) is 4.63. The Bertz CT molecular complexity index is 1080. The highest BCUT2D eigenvalue weighted by atomic mass is 35.5. The zero-order chi connectivity index (χ0) is 21.5. The van der Waals surface area contributed by atoms with E-state index in [1.54, 1.807) is 24.1 Å². The molecule has 1 aliphatic heterocycles. The number of rotatable bonds is 3. The van der Waals surface area contributed by atoms with Crippen LogP contribution >= 0.6 is 22.9 Å². The number of carbonyl (C=O) groups excluding carboxylic acids is 1. The van der Waals surface area contributed by atoms with Crippen LogP contribution in [0.4, 0.5) is 18.3 Å². The van der Waals surface area contributed by atoms with Gasteiger partial charge in [-0.05, 0) is 36.4 Å². The minimum absolute atomic E-state index is 0.243. The van der Waals surface area contributed by atoms with Crippen molar-refractivity contribution in [2.75, 3.05) is 38.2 Å².